The van der Waals surface area contributed by atoms with Crippen molar-refractivity contribution >= 4 is 0 Å². The number of hydrogen-bond acceptors (Lipinski definition) is 3. The van der Waals surface area contributed by atoms with Crippen LogP contribution in [0.3, 0.4) is 0 Å². The van der Waals surface area contributed by atoms with E-state index in [4.69, 9.17) is 10.5 Å². The minimum absolute atomic E-state index is 0.124. The lowest BCUT2D eigenvalue weighted by atomic mass is 9.83. The second kappa shape index (κ2) is 5.41. The molecule has 2 N–H and O–H groups in total. The van der Waals surface area contributed by atoms with Gasteiger partial charge in [0, 0.05) is 19.5 Å². The van der Waals surface area contributed by atoms with Gasteiger partial charge in [-0.15, -0.1) is 0 Å². The minimum atomic E-state index is -0.284. The van der Waals surface area contributed by atoms with E-state index in [0.717, 1.165) is 18.4 Å². The van der Waals surface area contributed by atoms with E-state index in [9.17, 15) is 0 Å². The van der Waals surface area contributed by atoms with Crippen LogP contribution < -0.4 is 5.73 Å². The van der Waals surface area contributed by atoms with Crippen molar-refractivity contribution in [1.82, 2.24) is 4.98 Å². The Balaban J connectivity index is 3.08. The highest BCUT2D eigenvalue weighted by atomic mass is 16.5. The summed E-state index contributed by atoms with van der Waals surface area (Å²) < 4.78 is 5.65. The van der Waals surface area contributed by atoms with Crippen LogP contribution in [0, 0.1) is 6.92 Å². The van der Waals surface area contributed by atoms with Crippen LogP contribution in [0.4, 0.5) is 0 Å². The molecule has 90 valence electrons. The van der Waals surface area contributed by atoms with Crippen molar-refractivity contribution in [2.75, 3.05) is 7.11 Å². The van der Waals surface area contributed by atoms with E-state index in [1.807, 2.05) is 12.3 Å². The fourth-order valence-electron chi connectivity index (χ4n) is 2.19. The third-order valence-electron chi connectivity index (χ3n) is 3.58. The van der Waals surface area contributed by atoms with Gasteiger partial charge in [0.2, 0.25) is 0 Å². The van der Waals surface area contributed by atoms with Crippen LogP contribution in [0.25, 0.3) is 0 Å². The molecule has 0 spiro atoms. The number of aromatic nitrogens is 1. The van der Waals surface area contributed by atoms with Gasteiger partial charge in [0.05, 0.1) is 11.6 Å². The van der Waals surface area contributed by atoms with Crippen molar-refractivity contribution in [3.63, 3.8) is 0 Å². The molecule has 0 aliphatic carbocycles. The molecular weight excluding hydrogens is 200 g/mol. The molecule has 0 saturated carbocycles. The van der Waals surface area contributed by atoms with Gasteiger partial charge >= 0.3 is 0 Å². The lowest BCUT2D eigenvalue weighted by molar-refractivity contribution is -0.0387. The van der Waals surface area contributed by atoms with Crippen molar-refractivity contribution < 1.29 is 4.74 Å². The third-order valence-corrected chi connectivity index (χ3v) is 3.58. The molecule has 0 aromatic carbocycles. The van der Waals surface area contributed by atoms with Gasteiger partial charge in [-0.05, 0) is 37.0 Å². The molecule has 1 unspecified atom stereocenters. The summed E-state index contributed by atoms with van der Waals surface area (Å²) in [6.07, 6.45) is 5.43. The van der Waals surface area contributed by atoms with E-state index < -0.39 is 0 Å². The first-order valence-electron chi connectivity index (χ1n) is 5.82. The highest BCUT2D eigenvalue weighted by molar-refractivity contribution is 5.27. The van der Waals surface area contributed by atoms with Crippen molar-refractivity contribution in [2.45, 2.75) is 45.3 Å². The van der Waals surface area contributed by atoms with Crippen LogP contribution in [-0.4, -0.2) is 17.7 Å². The normalized spacial score (nSPS) is 13.8. The van der Waals surface area contributed by atoms with Crippen LogP contribution in [-0.2, 0) is 4.74 Å². The van der Waals surface area contributed by atoms with Crippen molar-refractivity contribution in [3.05, 3.63) is 29.6 Å². The topological polar surface area (TPSA) is 48.1 Å². The highest BCUT2D eigenvalue weighted by Crippen LogP contribution is 2.33. The average Bonchev–Trinajstić information content (AvgIpc) is 2.32. The molecule has 1 aromatic heterocycles. The number of aryl methyl sites for hydroxylation is 1. The molecule has 16 heavy (non-hydrogen) atoms. The van der Waals surface area contributed by atoms with E-state index in [0.29, 0.717) is 0 Å². The Labute approximate surface area is 98.0 Å². The Morgan fingerprint density at radius 2 is 2.06 bits per heavy atom. The molecule has 1 atom stereocenters. The quantitative estimate of drug-likeness (QED) is 0.833. The molecule has 0 amide bonds. The maximum absolute atomic E-state index is 6.34. The number of ether oxygens (including phenoxy) is 1. The molecular formula is C13H22N2O. The fraction of sp³-hybridized carbons (Fsp3) is 0.615. The number of methoxy groups -OCH3 is 1. The second-order valence-corrected chi connectivity index (χ2v) is 4.19. The zero-order valence-electron chi connectivity index (χ0n) is 10.7. The predicted octanol–water partition coefficient (Wildman–Crippen LogP) is 2.60. The first kappa shape index (κ1) is 13.1. The van der Waals surface area contributed by atoms with Crippen LogP contribution in [0.2, 0.25) is 0 Å². The van der Waals surface area contributed by atoms with Crippen molar-refractivity contribution in [2.24, 2.45) is 5.73 Å². The number of pyridine rings is 1. The Bertz CT molecular complexity index is 326. The number of rotatable bonds is 5. The molecule has 3 nitrogen and oxygen atoms in total. The molecule has 0 saturated heterocycles. The van der Waals surface area contributed by atoms with Gasteiger partial charge in [-0.3, -0.25) is 4.98 Å². The molecule has 1 aromatic rings. The molecule has 0 aliphatic heterocycles. The summed E-state index contributed by atoms with van der Waals surface area (Å²) in [5, 5.41) is 0. The highest BCUT2D eigenvalue weighted by Gasteiger charge is 2.35. The Hall–Kier alpha value is -0.930. The standard InChI is InChI=1S/C13H22N2O/c1-5-13(6-2,16-4)12(14)11-9-15-8-7-10(11)3/h7-9,12H,5-6,14H2,1-4H3. The summed E-state index contributed by atoms with van der Waals surface area (Å²) in [4.78, 5) is 4.15. The number of hydrogen-bond donors (Lipinski definition) is 1. The van der Waals surface area contributed by atoms with E-state index >= 15 is 0 Å². The average molecular weight is 222 g/mol. The molecule has 0 fully saturated rings. The van der Waals surface area contributed by atoms with E-state index in [1.165, 1.54) is 5.56 Å². The van der Waals surface area contributed by atoms with Crippen LogP contribution >= 0.6 is 0 Å². The predicted molar refractivity (Wildman–Crippen MR) is 66.2 cm³/mol. The zero-order valence-corrected chi connectivity index (χ0v) is 10.7. The SMILES string of the molecule is CCC(CC)(OC)C(N)c1cnccc1C. The molecule has 1 rings (SSSR count). The smallest absolute Gasteiger partial charge is 0.0865 e. The Morgan fingerprint density at radius 1 is 1.44 bits per heavy atom. The molecule has 0 radical (unpaired) electrons. The number of nitrogens with two attached hydrogens (primary N) is 1. The van der Waals surface area contributed by atoms with Crippen LogP contribution in [0.1, 0.15) is 43.9 Å². The first-order valence-corrected chi connectivity index (χ1v) is 5.82. The summed E-state index contributed by atoms with van der Waals surface area (Å²) in [6, 6.07) is 1.86. The van der Waals surface area contributed by atoms with Crippen LogP contribution in [0.5, 0.6) is 0 Å². The van der Waals surface area contributed by atoms with E-state index in [1.54, 1.807) is 13.3 Å². The maximum Gasteiger partial charge on any atom is 0.0865 e. The Morgan fingerprint density at radius 3 is 2.50 bits per heavy atom. The summed E-state index contributed by atoms with van der Waals surface area (Å²) in [6.45, 7) is 6.28. The fourth-order valence-corrected chi connectivity index (χ4v) is 2.19. The third kappa shape index (κ3) is 2.25. The summed E-state index contributed by atoms with van der Waals surface area (Å²) in [5.74, 6) is 0. The zero-order chi connectivity index (χ0) is 12.2. The second-order valence-electron chi connectivity index (χ2n) is 4.19. The first-order chi connectivity index (χ1) is 7.61. The van der Waals surface area contributed by atoms with Gasteiger partial charge in [0.1, 0.15) is 0 Å². The van der Waals surface area contributed by atoms with Gasteiger partial charge < -0.3 is 10.5 Å². The van der Waals surface area contributed by atoms with Gasteiger partial charge in [0.15, 0.2) is 0 Å². The van der Waals surface area contributed by atoms with E-state index in [2.05, 4.69) is 25.8 Å². The Kier molecular flexibility index (Phi) is 4.44. The van der Waals surface area contributed by atoms with Crippen molar-refractivity contribution in [3.8, 4) is 0 Å². The van der Waals surface area contributed by atoms with Gasteiger partial charge in [-0.2, -0.15) is 0 Å². The van der Waals surface area contributed by atoms with Gasteiger partial charge in [-0.1, -0.05) is 13.8 Å². The molecule has 0 aliphatic rings. The van der Waals surface area contributed by atoms with E-state index in [-0.39, 0.29) is 11.6 Å². The van der Waals surface area contributed by atoms with Crippen molar-refractivity contribution in [1.29, 1.82) is 0 Å². The van der Waals surface area contributed by atoms with Gasteiger partial charge in [0.25, 0.3) is 0 Å². The summed E-state index contributed by atoms with van der Waals surface area (Å²) in [5.41, 5.74) is 8.31. The van der Waals surface area contributed by atoms with Crippen LogP contribution in [0.15, 0.2) is 18.5 Å². The minimum Gasteiger partial charge on any atom is -0.376 e. The summed E-state index contributed by atoms with van der Waals surface area (Å²) >= 11 is 0. The molecule has 1 heterocycles. The number of nitrogens with zero attached hydrogens (tertiary/aromatic N) is 1. The molecule has 0 bridgehead atoms. The monoisotopic (exact) mass is 222 g/mol. The summed E-state index contributed by atoms with van der Waals surface area (Å²) in [7, 11) is 1.73. The molecule has 3 heteroatoms. The largest absolute Gasteiger partial charge is 0.376 e. The lowest BCUT2D eigenvalue weighted by Gasteiger charge is -2.36. The maximum atomic E-state index is 6.34. The van der Waals surface area contributed by atoms with Gasteiger partial charge in [-0.25, -0.2) is 0 Å². The lowest BCUT2D eigenvalue weighted by Crippen LogP contribution is -2.42.